The van der Waals surface area contributed by atoms with Crippen molar-refractivity contribution in [2.75, 3.05) is 13.1 Å². The van der Waals surface area contributed by atoms with Crippen LogP contribution in [-0.4, -0.2) is 40.9 Å². The van der Waals surface area contributed by atoms with Gasteiger partial charge in [0, 0.05) is 25.9 Å². The predicted molar refractivity (Wildman–Crippen MR) is 84.6 cm³/mol. The molecule has 2 atom stereocenters. The number of hydrogen-bond donors (Lipinski definition) is 2. The van der Waals surface area contributed by atoms with Crippen molar-refractivity contribution in [1.82, 2.24) is 10.2 Å². The van der Waals surface area contributed by atoms with E-state index in [1.807, 2.05) is 37.3 Å². The Kier molecular flexibility index (Phi) is 5.73. The van der Waals surface area contributed by atoms with Gasteiger partial charge in [-0.25, -0.2) is 0 Å². The monoisotopic (exact) mass is 318 g/mol. The number of aliphatic carboxylic acids is 1. The Morgan fingerprint density at radius 2 is 2.04 bits per heavy atom. The van der Waals surface area contributed by atoms with E-state index in [0.717, 1.165) is 5.56 Å². The summed E-state index contributed by atoms with van der Waals surface area (Å²) in [6.45, 7) is 2.68. The number of nitrogens with zero attached hydrogens (tertiary/aromatic N) is 1. The number of rotatable bonds is 7. The van der Waals surface area contributed by atoms with Gasteiger partial charge in [-0.3, -0.25) is 14.4 Å². The summed E-state index contributed by atoms with van der Waals surface area (Å²) in [5, 5.41) is 11.3. The molecule has 1 aliphatic rings. The topological polar surface area (TPSA) is 86.7 Å². The van der Waals surface area contributed by atoms with Crippen LogP contribution in [0.5, 0.6) is 0 Å². The first kappa shape index (κ1) is 17.0. The Balaban J connectivity index is 1.87. The van der Waals surface area contributed by atoms with Crippen molar-refractivity contribution in [2.24, 2.45) is 5.92 Å². The molecule has 2 amide bonds. The summed E-state index contributed by atoms with van der Waals surface area (Å²) in [6.07, 6.45) is 0.634. The number of amides is 2. The van der Waals surface area contributed by atoms with Crippen LogP contribution in [0.3, 0.4) is 0 Å². The van der Waals surface area contributed by atoms with E-state index in [-0.39, 0.29) is 36.6 Å². The minimum atomic E-state index is -0.877. The van der Waals surface area contributed by atoms with Crippen LogP contribution in [0.15, 0.2) is 30.3 Å². The third-order valence-electron chi connectivity index (χ3n) is 4.15. The van der Waals surface area contributed by atoms with Crippen LogP contribution in [0.25, 0.3) is 0 Å². The highest BCUT2D eigenvalue weighted by Crippen LogP contribution is 2.28. The highest BCUT2D eigenvalue weighted by Gasteiger charge is 2.36. The maximum atomic E-state index is 12.2. The molecule has 6 nitrogen and oxygen atoms in total. The van der Waals surface area contributed by atoms with Crippen LogP contribution in [0, 0.1) is 5.92 Å². The summed E-state index contributed by atoms with van der Waals surface area (Å²) in [5.41, 5.74) is 1.04. The Morgan fingerprint density at radius 3 is 2.70 bits per heavy atom. The molecule has 1 heterocycles. The first-order valence-electron chi connectivity index (χ1n) is 7.83. The van der Waals surface area contributed by atoms with Gasteiger partial charge in [-0.05, 0) is 18.9 Å². The van der Waals surface area contributed by atoms with Crippen LogP contribution in [0.1, 0.15) is 37.8 Å². The van der Waals surface area contributed by atoms with E-state index in [1.54, 1.807) is 4.90 Å². The second-order valence-electron chi connectivity index (χ2n) is 5.82. The number of nitrogens with one attached hydrogen (secondary N) is 1. The first-order valence-corrected chi connectivity index (χ1v) is 7.83. The van der Waals surface area contributed by atoms with Gasteiger partial charge >= 0.3 is 5.97 Å². The predicted octanol–water partition coefficient (Wildman–Crippen LogP) is 1.58. The maximum Gasteiger partial charge on any atom is 0.303 e. The molecule has 0 aliphatic carbocycles. The van der Waals surface area contributed by atoms with Crippen LogP contribution in [-0.2, 0) is 14.4 Å². The van der Waals surface area contributed by atoms with Gasteiger partial charge in [-0.1, -0.05) is 30.3 Å². The van der Waals surface area contributed by atoms with Crippen molar-refractivity contribution in [3.8, 4) is 0 Å². The fourth-order valence-electron chi connectivity index (χ4n) is 2.79. The highest BCUT2D eigenvalue weighted by atomic mass is 16.4. The number of carbonyl (C=O) groups is 3. The van der Waals surface area contributed by atoms with Gasteiger partial charge in [0.25, 0.3) is 0 Å². The van der Waals surface area contributed by atoms with Crippen LogP contribution in [0.4, 0.5) is 0 Å². The molecule has 0 saturated carbocycles. The molecule has 1 saturated heterocycles. The van der Waals surface area contributed by atoms with E-state index in [1.165, 1.54) is 0 Å². The molecule has 124 valence electrons. The SMILES string of the molecule is C[C@H](c1ccccc1)N1C[C@H](C(=O)NCCCC(=O)O)CC1=O. The molecule has 2 N–H and O–H groups in total. The Morgan fingerprint density at radius 1 is 1.35 bits per heavy atom. The number of likely N-dealkylation sites (tertiary alicyclic amines) is 1. The summed E-state index contributed by atoms with van der Waals surface area (Å²) in [7, 11) is 0. The summed E-state index contributed by atoms with van der Waals surface area (Å²) < 4.78 is 0. The molecule has 0 radical (unpaired) electrons. The molecule has 0 bridgehead atoms. The van der Waals surface area contributed by atoms with Gasteiger partial charge in [-0.2, -0.15) is 0 Å². The lowest BCUT2D eigenvalue weighted by Gasteiger charge is -2.25. The van der Waals surface area contributed by atoms with E-state index in [2.05, 4.69) is 5.32 Å². The molecular weight excluding hydrogens is 296 g/mol. The third-order valence-corrected chi connectivity index (χ3v) is 4.15. The lowest BCUT2D eigenvalue weighted by molar-refractivity contribution is -0.137. The highest BCUT2D eigenvalue weighted by molar-refractivity contribution is 5.89. The summed E-state index contributed by atoms with van der Waals surface area (Å²) in [4.78, 5) is 36.5. The molecular formula is C17H22N2O4. The molecule has 2 rings (SSSR count). The molecule has 23 heavy (non-hydrogen) atoms. The normalized spacial score (nSPS) is 18.7. The average molecular weight is 318 g/mol. The fourth-order valence-corrected chi connectivity index (χ4v) is 2.79. The van der Waals surface area contributed by atoms with Crippen molar-refractivity contribution in [2.45, 2.75) is 32.2 Å². The summed E-state index contributed by atoms with van der Waals surface area (Å²) in [6, 6.07) is 9.66. The zero-order valence-corrected chi connectivity index (χ0v) is 13.2. The molecule has 1 aromatic carbocycles. The minimum Gasteiger partial charge on any atom is -0.481 e. The van der Waals surface area contributed by atoms with Crippen molar-refractivity contribution in [3.63, 3.8) is 0 Å². The summed E-state index contributed by atoms with van der Waals surface area (Å²) in [5.74, 6) is -1.44. The van der Waals surface area contributed by atoms with E-state index >= 15 is 0 Å². The molecule has 0 aromatic heterocycles. The molecule has 0 unspecified atom stereocenters. The van der Waals surface area contributed by atoms with Crippen molar-refractivity contribution in [3.05, 3.63) is 35.9 Å². The van der Waals surface area contributed by atoms with Gasteiger partial charge in [0.05, 0.1) is 12.0 Å². The van der Waals surface area contributed by atoms with Gasteiger partial charge in [0.1, 0.15) is 0 Å². The van der Waals surface area contributed by atoms with E-state index in [0.29, 0.717) is 19.5 Å². The molecule has 6 heteroatoms. The van der Waals surface area contributed by atoms with Crippen molar-refractivity contribution in [1.29, 1.82) is 0 Å². The zero-order chi connectivity index (χ0) is 16.8. The summed E-state index contributed by atoms with van der Waals surface area (Å²) >= 11 is 0. The molecule has 0 spiro atoms. The molecule has 1 fully saturated rings. The number of hydrogen-bond acceptors (Lipinski definition) is 3. The number of carbonyl (C=O) groups excluding carboxylic acids is 2. The average Bonchev–Trinajstić information content (AvgIpc) is 2.93. The van der Waals surface area contributed by atoms with Crippen LogP contribution < -0.4 is 5.32 Å². The second kappa shape index (κ2) is 7.76. The molecule has 1 aliphatic heterocycles. The number of carboxylic acids is 1. The number of benzene rings is 1. The first-order chi connectivity index (χ1) is 11.0. The third kappa shape index (κ3) is 4.55. The van der Waals surface area contributed by atoms with Gasteiger partial charge < -0.3 is 15.3 Å². The minimum absolute atomic E-state index is 0.0213. The van der Waals surface area contributed by atoms with E-state index in [4.69, 9.17) is 5.11 Å². The zero-order valence-electron chi connectivity index (χ0n) is 13.2. The standard InChI is InChI=1S/C17H22N2O4/c1-12(13-6-3-2-4-7-13)19-11-14(10-15(19)20)17(23)18-9-5-8-16(21)22/h2-4,6-7,12,14H,5,8-11H2,1H3,(H,18,23)(H,21,22)/t12-,14-/m1/s1. The molecule has 1 aromatic rings. The van der Waals surface area contributed by atoms with Crippen LogP contribution in [0.2, 0.25) is 0 Å². The van der Waals surface area contributed by atoms with Crippen LogP contribution >= 0.6 is 0 Å². The largest absolute Gasteiger partial charge is 0.481 e. The second-order valence-corrected chi connectivity index (χ2v) is 5.82. The quantitative estimate of drug-likeness (QED) is 0.747. The van der Waals surface area contributed by atoms with Crippen molar-refractivity contribution < 1.29 is 19.5 Å². The smallest absolute Gasteiger partial charge is 0.303 e. The lowest BCUT2D eigenvalue weighted by atomic mass is 10.1. The Hall–Kier alpha value is -2.37. The van der Waals surface area contributed by atoms with Gasteiger partial charge in [0.2, 0.25) is 11.8 Å². The lowest BCUT2D eigenvalue weighted by Crippen LogP contribution is -2.34. The number of carboxylic acid groups (broad SMARTS) is 1. The van der Waals surface area contributed by atoms with Gasteiger partial charge in [0.15, 0.2) is 0 Å². The Labute approximate surface area is 135 Å². The van der Waals surface area contributed by atoms with E-state index < -0.39 is 5.97 Å². The van der Waals surface area contributed by atoms with Gasteiger partial charge in [-0.15, -0.1) is 0 Å². The maximum absolute atomic E-state index is 12.2. The fraction of sp³-hybridized carbons (Fsp3) is 0.471. The van der Waals surface area contributed by atoms with E-state index in [9.17, 15) is 14.4 Å². The Bertz CT molecular complexity index is 573. The van der Waals surface area contributed by atoms with Crippen molar-refractivity contribution >= 4 is 17.8 Å².